The van der Waals surface area contributed by atoms with Gasteiger partial charge in [-0.15, -0.1) is 5.10 Å². The first-order valence-electron chi connectivity index (χ1n) is 8.41. The average Bonchev–Trinajstić information content (AvgIpc) is 3.19. The summed E-state index contributed by atoms with van der Waals surface area (Å²) in [4.78, 5) is 12.7. The van der Waals surface area contributed by atoms with E-state index in [1.165, 1.54) is 0 Å². The summed E-state index contributed by atoms with van der Waals surface area (Å²) < 4.78 is 1.85. The minimum atomic E-state index is -0.196. The van der Waals surface area contributed by atoms with Gasteiger partial charge in [0, 0.05) is 16.6 Å². The number of hydrogen-bond donors (Lipinski definition) is 2. The van der Waals surface area contributed by atoms with E-state index in [0.717, 1.165) is 35.1 Å². The van der Waals surface area contributed by atoms with Crippen molar-refractivity contribution in [2.24, 2.45) is 0 Å². The first kappa shape index (κ1) is 14.8. The third-order valence-corrected chi connectivity index (χ3v) is 4.49. The molecule has 2 aromatic heterocycles. The number of carbonyl (C=O) groups excluding carboxylic acids is 1. The molecule has 0 saturated heterocycles. The molecule has 1 saturated carbocycles. The van der Waals surface area contributed by atoms with E-state index in [2.05, 4.69) is 31.0 Å². The summed E-state index contributed by atoms with van der Waals surface area (Å²) in [5, 5.41) is 22.7. The Morgan fingerprint density at radius 2 is 2.08 bits per heavy atom. The number of benzene rings is 2. The number of hydrogen-bond acceptors (Lipinski definition) is 5. The quantitative estimate of drug-likeness (QED) is 0.592. The van der Waals surface area contributed by atoms with Crippen molar-refractivity contribution < 1.29 is 4.79 Å². The van der Waals surface area contributed by atoms with Crippen LogP contribution in [0.4, 0.5) is 5.69 Å². The maximum absolute atomic E-state index is 12.7. The number of carbonyl (C=O) groups is 1. The summed E-state index contributed by atoms with van der Waals surface area (Å²) in [5.41, 5.74) is 2.83. The van der Waals surface area contributed by atoms with Crippen LogP contribution in [0, 0.1) is 0 Å². The number of H-pyrrole nitrogens is 1. The van der Waals surface area contributed by atoms with E-state index >= 15 is 0 Å². The van der Waals surface area contributed by atoms with Crippen LogP contribution in [0.1, 0.15) is 29.2 Å². The lowest BCUT2D eigenvalue weighted by Gasteiger charge is -2.08. The Labute approximate surface area is 148 Å². The summed E-state index contributed by atoms with van der Waals surface area (Å²) in [7, 11) is 0. The summed E-state index contributed by atoms with van der Waals surface area (Å²) in [5.74, 6) is 0.526. The van der Waals surface area contributed by atoms with Crippen molar-refractivity contribution in [2.45, 2.75) is 18.9 Å². The molecule has 8 heteroatoms. The van der Waals surface area contributed by atoms with Gasteiger partial charge in [0.2, 0.25) is 0 Å². The minimum absolute atomic E-state index is 0.196. The summed E-state index contributed by atoms with van der Waals surface area (Å²) >= 11 is 0. The molecule has 1 fully saturated rings. The normalized spacial score (nSPS) is 13.8. The van der Waals surface area contributed by atoms with Crippen LogP contribution in [0.2, 0.25) is 0 Å². The monoisotopic (exact) mass is 345 g/mol. The van der Waals surface area contributed by atoms with Crippen LogP contribution < -0.4 is 5.32 Å². The number of tetrazole rings is 1. The van der Waals surface area contributed by atoms with Crippen molar-refractivity contribution in [3.63, 3.8) is 0 Å². The molecule has 2 N–H and O–H groups in total. The lowest BCUT2D eigenvalue weighted by Crippen LogP contribution is -2.12. The van der Waals surface area contributed by atoms with E-state index in [4.69, 9.17) is 0 Å². The molecule has 0 bridgehead atoms. The largest absolute Gasteiger partial charge is 0.322 e. The molecule has 0 radical (unpaired) electrons. The van der Waals surface area contributed by atoms with E-state index in [9.17, 15) is 4.79 Å². The molecular weight excluding hydrogens is 330 g/mol. The van der Waals surface area contributed by atoms with Gasteiger partial charge in [-0.2, -0.15) is 5.10 Å². The Bertz CT molecular complexity index is 1110. The number of rotatable bonds is 4. The molecule has 128 valence electrons. The molecular formula is C18H15N7O. The summed E-state index contributed by atoms with van der Waals surface area (Å²) in [6.07, 6.45) is 3.90. The first-order valence-corrected chi connectivity index (χ1v) is 8.41. The minimum Gasteiger partial charge on any atom is -0.322 e. The van der Waals surface area contributed by atoms with Gasteiger partial charge >= 0.3 is 0 Å². The van der Waals surface area contributed by atoms with Crippen molar-refractivity contribution in [3.8, 4) is 11.4 Å². The van der Waals surface area contributed by atoms with Crippen LogP contribution in [-0.4, -0.2) is 36.3 Å². The fourth-order valence-electron chi connectivity index (χ4n) is 3.04. The highest BCUT2D eigenvalue weighted by molar-refractivity contribution is 6.11. The Morgan fingerprint density at radius 3 is 2.96 bits per heavy atom. The Kier molecular flexibility index (Phi) is 3.27. The number of aromatic amines is 1. The summed E-state index contributed by atoms with van der Waals surface area (Å²) in [6.45, 7) is 0. The topological polar surface area (TPSA) is 101 Å². The summed E-state index contributed by atoms with van der Waals surface area (Å²) in [6, 6.07) is 13.5. The highest BCUT2D eigenvalue weighted by Gasteiger charge is 2.28. The number of aromatic nitrogens is 6. The van der Waals surface area contributed by atoms with Gasteiger partial charge in [-0.25, -0.2) is 4.68 Å². The van der Waals surface area contributed by atoms with E-state index in [0.29, 0.717) is 17.3 Å². The molecule has 0 spiro atoms. The fourth-order valence-corrected chi connectivity index (χ4v) is 3.04. The first-order chi connectivity index (χ1) is 12.8. The highest BCUT2D eigenvalue weighted by atomic mass is 16.1. The third kappa shape index (κ3) is 2.52. The van der Waals surface area contributed by atoms with Crippen LogP contribution in [0.5, 0.6) is 0 Å². The number of amides is 1. The van der Waals surface area contributed by atoms with E-state index < -0.39 is 0 Å². The van der Waals surface area contributed by atoms with E-state index in [1.54, 1.807) is 12.3 Å². The van der Waals surface area contributed by atoms with Crippen molar-refractivity contribution in [1.82, 2.24) is 30.4 Å². The Morgan fingerprint density at radius 1 is 1.19 bits per heavy atom. The number of nitrogens with zero attached hydrogens (tertiary/aromatic N) is 5. The Balaban J connectivity index is 1.45. The lowest BCUT2D eigenvalue weighted by atomic mass is 10.1. The van der Waals surface area contributed by atoms with E-state index in [-0.39, 0.29) is 5.91 Å². The van der Waals surface area contributed by atoms with Gasteiger partial charge in [0.15, 0.2) is 5.82 Å². The zero-order valence-corrected chi connectivity index (χ0v) is 13.8. The maximum Gasteiger partial charge on any atom is 0.257 e. The van der Waals surface area contributed by atoms with Gasteiger partial charge in [-0.3, -0.25) is 9.89 Å². The molecule has 0 aliphatic heterocycles. The van der Waals surface area contributed by atoms with Crippen LogP contribution in [0.15, 0.2) is 48.7 Å². The van der Waals surface area contributed by atoms with Crippen LogP contribution >= 0.6 is 0 Å². The second-order valence-corrected chi connectivity index (χ2v) is 6.35. The van der Waals surface area contributed by atoms with Crippen molar-refractivity contribution in [2.75, 3.05) is 5.32 Å². The van der Waals surface area contributed by atoms with Gasteiger partial charge in [-0.05, 0) is 41.5 Å². The fraction of sp³-hybridized carbons (Fsp3) is 0.167. The van der Waals surface area contributed by atoms with Gasteiger partial charge in [0.25, 0.3) is 5.91 Å². The van der Waals surface area contributed by atoms with Crippen molar-refractivity contribution >= 4 is 22.5 Å². The second kappa shape index (κ2) is 5.76. The van der Waals surface area contributed by atoms with E-state index in [1.807, 2.05) is 41.1 Å². The molecule has 26 heavy (non-hydrogen) atoms. The average molecular weight is 345 g/mol. The Hall–Kier alpha value is -3.55. The number of anilines is 1. The van der Waals surface area contributed by atoms with Crippen molar-refractivity contribution in [1.29, 1.82) is 0 Å². The van der Waals surface area contributed by atoms with Gasteiger partial charge in [0.1, 0.15) is 0 Å². The zero-order valence-electron chi connectivity index (χ0n) is 13.8. The number of nitrogens with one attached hydrogen (secondary N) is 2. The van der Waals surface area contributed by atoms with Crippen LogP contribution in [0.3, 0.4) is 0 Å². The predicted molar refractivity (Wildman–Crippen MR) is 95.6 cm³/mol. The smallest absolute Gasteiger partial charge is 0.257 e. The highest BCUT2D eigenvalue weighted by Crippen LogP contribution is 2.36. The molecule has 8 nitrogen and oxygen atoms in total. The lowest BCUT2D eigenvalue weighted by molar-refractivity contribution is 0.102. The molecule has 5 rings (SSSR count). The molecule has 4 aromatic rings. The molecule has 2 aromatic carbocycles. The zero-order chi connectivity index (χ0) is 17.5. The van der Waals surface area contributed by atoms with Gasteiger partial charge < -0.3 is 5.32 Å². The van der Waals surface area contributed by atoms with Gasteiger partial charge in [0.05, 0.1) is 23.3 Å². The SMILES string of the molecule is O=C(Nc1cccc(-c2nnnn2C2CC2)c1)c1cccc2cn[nH]c12. The number of para-hydroxylation sites is 1. The van der Waals surface area contributed by atoms with Crippen molar-refractivity contribution in [3.05, 3.63) is 54.2 Å². The molecule has 0 unspecified atom stereocenters. The van der Waals surface area contributed by atoms with Crippen LogP contribution in [0.25, 0.3) is 22.3 Å². The number of fused-ring (bicyclic) bond motifs is 1. The predicted octanol–water partition coefficient (Wildman–Crippen LogP) is 2.80. The molecule has 1 aliphatic rings. The van der Waals surface area contributed by atoms with Crippen LogP contribution in [-0.2, 0) is 0 Å². The van der Waals surface area contributed by atoms with Gasteiger partial charge in [-0.1, -0.05) is 24.3 Å². The molecule has 1 amide bonds. The third-order valence-electron chi connectivity index (χ3n) is 4.49. The molecule has 1 aliphatic carbocycles. The standard InChI is InChI=1S/C18H15N7O/c26-18(15-6-2-4-12-10-19-21-16(12)15)20-13-5-1-3-11(9-13)17-22-23-24-25(17)14-7-8-14/h1-6,9-10,14H,7-8H2,(H,19,21)(H,20,26). The maximum atomic E-state index is 12.7. The molecule has 0 atom stereocenters. The second-order valence-electron chi connectivity index (χ2n) is 6.35. The molecule has 2 heterocycles.